The Labute approximate surface area is 99.6 Å². The SMILES string of the molecule is CC(C)c1cc(NC(=O)C2CCSC2)n[nH]1. The number of amides is 1. The van der Waals surface area contributed by atoms with Crippen molar-refractivity contribution in [2.24, 2.45) is 5.92 Å². The molecule has 1 aromatic heterocycles. The average Bonchev–Trinajstić information content (AvgIpc) is 2.87. The van der Waals surface area contributed by atoms with Crippen LogP contribution in [0.25, 0.3) is 0 Å². The summed E-state index contributed by atoms with van der Waals surface area (Å²) in [6.45, 7) is 4.18. The first-order chi connectivity index (χ1) is 7.66. The maximum Gasteiger partial charge on any atom is 0.229 e. The Morgan fingerprint density at radius 3 is 3.06 bits per heavy atom. The van der Waals surface area contributed by atoms with Crippen LogP contribution in [0.4, 0.5) is 5.82 Å². The monoisotopic (exact) mass is 239 g/mol. The third kappa shape index (κ3) is 2.58. The molecule has 0 aliphatic carbocycles. The van der Waals surface area contributed by atoms with E-state index in [2.05, 4.69) is 29.4 Å². The number of carbonyl (C=O) groups excluding carboxylic acids is 1. The van der Waals surface area contributed by atoms with Gasteiger partial charge in [0.15, 0.2) is 5.82 Å². The molecule has 0 spiro atoms. The summed E-state index contributed by atoms with van der Waals surface area (Å²) in [6, 6.07) is 1.91. The number of hydrogen-bond donors (Lipinski definition) is 2. The summed E-state index contributed by atoms with van der Waals surface area (Å²) in [5, 5.41) is 9.88. The summed E-state index contributed by atoms with van der Waals surface area (Å²) in [6.07, 6.45) is 0.984. The molecule has 1 fully saturated rings. The van der Waals surface area contributed by atoms with E-state index in [0.29, 0.717) is 11.7 Å². The van der Waals surface area contributed by atoms with Gasteiger partial charge >= 0.3 is 0 Å². The molecule has 4 nitrogen and oxygen atoms in total. The van der Waals surface area contributed by atoms with Crippen molar-refractivity contribution in [3.05, 3.63) is 11.8 Å². The van der Waals surface area contributed by atoms with Gasteiger partial charge in [-0.05, 0) is 18.1 Å². The molecule has 1 unspecified atom stereocenters. The second-order valence-corrected chi connectivity index (χ2v) is 5.56. The van der Waals surface area contributed by atoms with Crippen molar-refractivity contribution in [1.29, 1.82) is 0 Å². The molecule has 88 valence electrons. The Hall–Kier alpha value is -0.970. The summed E-state index contributed by atoms with van der Waals surface area (Å²) < 4.78 is 0. The van der Waals surface area contributed by atoms with Gasteiger partial charge in [0.25, 0.3) is 0 Å². The van der Waals surface area contributed by atoms with Crippen molar-refractivity contribution in [2.45, 2.75) is 26.2 Å². The zero-order valence-electron chi connectivity index (χ0n) is 9.62. The van der Waals surface area contributed by atoms with E-state index in [4.69, 9.17) is 0 Å². The van der Waals surface area contributed by atoms with E-state index in [0.717, 1.165) is 23.6 Å². The van der Waals surface area contributed by atoms with Crippen LogP contribution in [-0.4, -0.2) is 27.6 Å². The quantitative estimate of drug-likeness (QED) is 0.850. The highest BCUT2D eigenvalue weighted by Gasteiger charge is 2.23. The fourth-order valence-corrected chi connectivity index (χ4v) is 2.89. The van der Waals surface area contributed by atoms with E-state index < -0.39 is 0 Å². The summed E-state index contributed by atoms with van der Waals surface area (Å²) in [7, 11) is 0. The molecule has 0 saturated carbocycles. The minimum absolute atomic E-state index is 0.104. The zero-order valence-corrected chi connectivity index (χ0v) is 10.4. The first-order valence-corrected chi connectivity index (χ1v) is 6.76. The van der Waals surface area contributed by atoms with Crippen molar-refractivity contribution >= 4 is 23.5 Å². The largest absolute Gasteiger partial charge is 0.309 e. The maximum absolute atomic E-state index is 11.8. The van der Waals surface area contributed by atoms with Gasteiger partial charge in [0, 0.05) is 23.4 Å². The lowest BCUT2D eigenvalue weighted by atomic mass is 10.1. The highest BCUT2D eigenvalue weighted by atomic mass is 32.2. The van der Waals surface area contributed by atoms with Gasteiger partial charge in [-0.25, -0.2) is 0 Å². The number of carbonyl (C=O) groups is 1. The van der Waals surface area contributed by atoms with Crippen molar-refractivity contribution < 1.29 is 4.79 Å². The zero-order chi connectivity index (χ0) is 11.5. The molecule has 1 aromatic rings. The Balaban J connectivity index is 1.95. The molecule has 5 heteroatoms. The predicted molar refractivity (Wildman–Crippen MR) is 66.7 cm³/mol. The molecule has 1 saturated heterocycles. The van der Waals surface area contributed by atoms with Crippen molar-refractivity contribution in [2.75, 3.05) is 16.8 Å². The minimum atomic E-state index is 0.104. The first kappa shape index (κ1) is 11.5. The molecule has 1 aliphatic heterocycles. The number of nitrogens with one attached hydrogen (secondary N) is 2. The highest BCUT2D eigenvalue weighted by molar-refractivity contribution is 7.99. The van der Waals surface area contributed by atoms with Crippen LogP contribution >= 0.6 is 11.8 Å². The topological polar surface area (TPSA) is 57.8 Å². The molecule has 0 bridgehead atoms. The van der Waals surface area contributed by atoms with Crippen LogP contribution in [0.1, 0.15) is 31.9 Å². The molecular weight excluding hydrogens is 222 g/mol. The summed E-state index contributed by atoms with van der Waals surface area (Å²) >= 11 is 1.84. The fraction of sp³-hybridized carbons (Fsp3) is 0.636. The van der Waals surface area contributed by atoms with E-state index in [-0.39, 0.29) is 11.8 Å². The van der Waals surface area contributed by atoms with E-state index in [9.17, 15) is 4.79 Å². The normalized spacial score (nSPS) is 20.3. The van der Waals surface area contributed by atoms with Crippen molar-refractivity contribution in [3.8, 4) is 0 Å². The molecule has 1 atom stereocenters. The standard InChI is InChI=1S/C11H17N3OS/c1-7(2)9-5-10(14-13-9)12-11(15)8-3-4-16-6-8/h5,7-8H,3-4,6H2,1-2H3,(H2,12,13,14,15). The van der Waals surface area contributed by atoms with Crippen LogP contribution in [0.5, 0.6) is 0 Å². The third-order valence-corrected chi connectivity index (χ3v) is 3.93. The van der Waals surface area contributed by atoms with Gasteiger partial charge in [-0.15, -0.1) is 0 Å². The molecule has 2 heterocycles. The van der Waals surface area contributed by atoms with E-state index >= 15 is 0 Å². The third-order valence-electron chi connectivity index (χ3n) is 2.77. The number of aromatic nitrogens is 2. The van der Waals surface area contributed by atoms with Crippen LogP contribution in [0.2, 0.25) is 0 Å². The second-order valence-electron chi connectivity index (χ2n) is 4.41. The van der Waals surface area contributed by atoms with Gasteiger partial charge in [-0.2, -0.15) is 16.9 Å². The molecule has 1 aliphatic rings. The minimum Gasteiger partial charge on any atom is -0.309 e. The maximum atomic E-state index is 11.8. The van der Waals surface area contributed by atoms with Crippen LogP contribution in [0, 0.1) is 5.92 Å². The summed E-state index contributed by atoms with van der Waals surface area (Å²) in [5.74, 6) is 3.34. The second kappa shape index (κ2) is 4.91. The molecule has 0 aromatic carbocycles. The fourth-order valence-electron chi connectivity index (χ4n) is 1.67. The van der Waals surface area contributed by atoms with E-state index in [1.54, 1.807) is 0 Å². The molecule has 2 N–H and O–H groups in total. The number of nitrogens with zero attached hydrogens (tertiary/aromatic N) is 1. The van der Waals surface area contributed by atoms with E-state index in [1.807, 2.05) is 17.8 Å². The number of aromatic amines is 1. The Morgan fingerprint density at radius 1 is 1.69 bits per heavy atom. The molecule has 2 rings (SSSR count). The lowest BCUT2D eigenvalue weighted by molar-refractivity contribution is -0.119. The van der Waals surface area contributed by atoms with Crippen LogP contribution in [-0.2, 0) is 4.79 Å². The van der Waals surface area contributed by atoms with E-state index in [1.165, 1.54) is 0 Å². The molecule has 0 radical (unpaired) electrons. The van der Waals surface area contributed by atoms with Gasteiger partial charge in [0.2, 0.25) is 5.91 Å². The summed E-state index contributed by atoms with van der Waals surface area (Å²) in [5.41, 5.74) is 1.05. The lowest BCUT2D eigenvalue weighted by Gasteiger charge is -2.06. The number of hydrogen-bond acceptors (Lipinski definition) is 3. The predicted octanol–water partition coefficient (Wildman–Crippen LogP) is 2.22. The molecular formula is C11H17N3OS. The van der Waals surface area contributed by atoms with Crippen LogP contribution in [0.15, 0.2) is 6.07 Å². The van der Waals surface area contributed by atoms with Crippen LogP contribution in [0.3, 0.4) is 0 Å². The lowest BCUT2D eigenvalue weighted by Crippen LogP contribution is -2.22. The Morgan fingerprint density at radius 2 is 2.50 bits per heavy atom. The van der Waals surface area contributed by atoms with Gasteiger partial charge in [-0.1, -0.05) is 13.8 Å². The Kier molecular flexibility index (Phi) is 3.53. The van der Waals surface area contributed by atoms with Gasteiger partial charge in [0.1, 0.15) is 0 Å². The highest BCUT2D eigenvalue weighted by Crippen LogP contribution is 2.24. The molecule has 1 amide bonds. The molecule has 16 heavy (non-hydrogen) atoms. The number of H-pyrrole nitrogens is 1. The number of anilines is 1. The van der Waals surface area contributed by atoms with Gasteiger partial charge in [-0.3, -0.25) is 9.89 Å². The first-order valence-electron chi connectivity index (χ1n) is 5.60. The Bertz CT molecular complexity index is 369. The summed E-state index contributed by atoms with van der Waals surface area (Å²) in [4.78, 5) is 11.8. The number of rotatable bonds is 3. The van der Waals surface area contributed by atoms with Crippen molar-refractivity contribution in [3.63, 3.8) is 0 Å². The van der Waals surface area contributed by atoms with Crippen LogP contribution < -0.4 is 5.32 Å². The van der Waals surface area contributed by atoms with Crippen molar-refractivity contribution in [1.82, 2.24) is 10.2 Å². The number of thioether (sulfide) groups is 1. The van der Waals surface area contributed by atoms with Gasteiger partial charge in [0.05, 0.1) is 0 Å². The smallest absolute Gasteiger partial charge is 0.229 e. The van der Waals surface area contributed by atoms with Gasteiger partial charge < -0.3 is 5.32 Å². The average molecular weight is 239 g/mol.